The number of likely N-dealkylation sites (tertiary alicyclic amines) is 2. The van der Waals surface area contributed by atoms with Gasteiger partial charge in [-0.1, -0.05) is 0 Å². The second kappa shape index (κ2) is 9.27. The minimum absolute atomic E-state index is 0.0712. The van der Waals surface area contributed by atoms with Crippen molar-refractivity contribution in [2.45, 2.75) is 43.0 Å². The molecule has 0 bridgehead atoms. The predicted molar refractivity (Wildman–Crippen MR) is 109 cm³/mol. The summed E-state index contributed by atoms with van der Waals surface area (Å²) in [6.45, 7) is 3.23. The number of hydrogen-bond acceptors (Lipinski definition) is 5. The fourth-order valence-electron chi connectivity index (χ4n) is 3.99. The van der Waals surface area contributed by atoms with E-state index in [2.05, 4.69) is 14.6 Å². The van der Waals surface area contributed by atoms with Gasteiger partial charge in [0, 0.05) is 46.5 Å². The Morgan fingerprint density at radius 1 is 1.21 bits per heavy atom. The molecule has 2 fully saturated rings. The van der Waals surface area contributed by atoms with Gasteiger partial charge < -0.3 is 14.8 Å². The quantitative estimate of drug-likeness (QED) is 0.589. The van der Waals surface area contributed by atoms with Crippen molar-refractivity contribution in [1.29, 1.82) is 0 Å². The highest BCUT2D eigenvalue weighted by Crippen LogP contribution is 2.19. The van der Waals surface area contributed by atoms with E-state index in [1.807, 2.05) is 0 Å². The zero-order chi connectivity index (χ0) is 21.0. The van der Waals surface area contributed by atoms with Gasteiger partial charge in [0.25, 0.3) is 5.91 Å². The molecule has 3 heterocycles. The summed E-state index contributed by atoms with van der Waals surface area (Å²) in [4.78, 5) is 32.9. The van der Waals surface area contributed by atoms with Crippen LogP contribution < -0.4 is 4.72 Å². The molecule has 0 aliphatic carbocycles. The van der Waals surface area contributed by atoms with Gasteiger partial charge in [0.05, 0.1) is 6.04 Å². The standard InChI is InChI=1S/C19H31N5O4S/c1-22(2)19(26)17-7-5-11-23(17)12-6-8-21-29(27,28)15-13-16(20-14-15)18(25)24-9-3-4-10-24/h13-14,17,20-21H,3-12H2,1-2H3. The van der Waals surface area contributed by atoms with E-state index in [0.717, 1.165) is 32.2 Å². The molecule has 2 N–H and O–H groups in total. The molecular formula is C19H31N5O4S. The number of hydrogen-bond donors (Lipinski definition) is 2. The number of rotatable bonds is 8. The first-order valence-electron chi connectivity index (χ1n) is 10.2. The van der Waals surface area contributed by atoms with Crippen molar-refractivity contribution in [1.82, 2.24) is 24.4 Å². The molecule has 1 aromatic rings. The summed E-state index contributed by atoms with van der Waals surface area (Å²) >= 11 is 0. The number of carbonyl (C=O) groups excluding carboxylic acids is 2. The normalized spacial score (nSPS) is 20.3. The van der Waals surface area contributed by atoms with E-state index in [-0.39, 0.29) is 29.3 Å². The number of likely N-dealkylation sites (N-methyl/N-ethyl adjacent to an activating group) is 1. The highest BCUT2D eigenvalue weighted by molar-refractivity contribution is 7.89. The molecule has 3 rings (SSSR count). The van der Waals surface area contributed by atoms with Gasteiger partial charge in [-0.25, -0.2) is 13.1 Å². The molecule has 2 aliphatic heterocycles. The molecule has 1 unspecified atom stereocenters. The van der Waals surface area contributed by atoms with Gasteiger partial charge in [-0.3, -0.25) is 14.5 Å². The number of carbonyl (C=O) groups is 2. The summed E-state index contributed by atoms with van der Waals surface area (Å²) in [5, 5.41) is 0. The van der Waals surface area contributed by atoms with Crippen molar-refractivity contribution in [2.24, 2.45) is 0 Å². The number of nitrogens with zero attached hydrogens (tertiary/aromatic N) is 3. The molecule has 9 nitrogen and oxygen atoms in total. The monoisotopic (exact) mass is 425 g/mol. The summed E-state index contributed by atoms with van der Waals surface area (Å²) in [6.07, 6.45) is 5.76. The van der Waals surface area contributed by atoms with Gasteiger partial charge in [-0.2, -0.15) is 0 Å². The van der Waals surface area contributed by atoms with Gasteiger partial charge in [-0.15, -0.1) is 0 Å². The molecule has 0 radical (unpaired) electrons. The van der Waals surface area contributed by atoms with E-state index in [4.69, 9.17) is 0 Å². The zero-order valence-corrected chi connectivity index (χ0v) is 18.0. The molecule has 1 aromatic heterocycles. The van der Waals surface area contributed by atoms with Gasteiger partial charge in [-0.05, 0) is 44.7 Å². The predicted octanol–water partition coefficient (Wildman–Crippen LogP) is 0.472. The lowest BCUT2D eigenvalue weighted by atomic mass is 10.2. The van der Waals surface area contributed by atoms with Crippen molar-refractivity contribution >= 4 is 21.8 Å². The Bertz CT molecular complexity index is 829. The summed E-state index contributed by atoms with van der Waals surface area (Å²) in [5.41, 5.74) is 0.300. The van der Waals surface area contributed by atoms with E-state index in [1.165, 1.54) is 12.3 Å². The van der Waals surface area contributed by atoms with Crippen LogP contribution in [0.15, 0.2) is 17.2 Å². The minimum Gasteiger partial charge on any atom is -0.356 e. The van der Waals surface area contributed by atoms with Crippen molar-refractivity contribution in [2.75, 3.05) is 46.8 Å². The van der Waals surface area contributed by atoms with E-state index < -0.39 is 10.0 Å². The minimum atomic E-state index is -3.68. The first-order valence-corrected chi connectivity index (χ1v) is 11.7. The fraction of sp³-hybridized carbons (Fsp3) is 0.684. The average molecular weight is 426 g/mol. The number of aromatic nitrogens is 1. The fourth-order valence-corrected chi connectivity index (χ4v) is 5.05. The Labute approximate surface area is 172 Å². The van der Waals surface area contributed by atoms with E-state index in [9.17, 15) is 18.0 Å². The van der Waals surface area contributed by atoms with Crippen LogP contribution in [-0.2, 0) is 14.8 Å². The first-order chi connectivity index (χ1) is 13.8. The van der Waals surface area contributed by atoms with Crippen LogP contribution in [0.25, 0.3) is 0 Å². The maximum atomic E-state index is 12.5. The second-order valence-electron chi connectivity index (χ2n) is 7.93. The number of amides is 2. The highest BCUT2D eigenvalue weighted by atomic mass is 32.2. The highest BCUT2D eigenvalue weighted by Gasteiger charge is 2.31. The average Bonchev–Trinajstić information content (AvgIpc) is 3.45. The van der Waals surface area contributed by atoms with E-state index in [0.29, 0.717) is 31.7 Å². The van der Waals surface area contributed by atoms with Crippen LogP contribution in [-0.4, -0.2) is 92.8 Å². The van der Waals surface area contributed by atoms with E-state index >= 15 is 0 Å². The topological polar surface area (TPSA) is 106 Å². The summed E-state index contributed by atoms with van der Waals surface area (Å²) in [5.74, 6) is -0.0554. The van der Waals surface area contributed by atoms with Gasteiger partial charge >= 0.3 is 0 Å². The Morgan fingerprint density at radius 2 is 1.93 bits per heavy atom. The van der Waals surface area contributed by atoms with Crippen LogP contribution in [0.4, 0.5) is 0 Å². The van der Waals surface area contributed by atoms with Crippen LogP contribution in [0.5, 0.6) is 0 Å². The molecule has 2 saturated heterocycles. The Hall–Kier alpha value is -1.91. The molecule has 10 heteroatoms. The molecule has 162 valence electrons. The molecule has 2 aliphatic rings. The Kier molecular flexibility index (Phi) is 6.97. The summed E-state index contributed by atoms with van der Waals surface area (Å²) in [7, 11) is -0.168. The van der Waals surface area contributed by atoms with Crippen LogP contribution in [0.3, 0.4) is 0 Å². The largest absolute Gasteiger partial charge is 0.356 e. The van der Waals surface area contributed by atoms with Crippen molar-refractivity contribution in [3.05, 3.63) is 18.0 Å². The zero-order valence-electron chi connectivity index (χ0n) is 17.2. The van der Waals surface area contributed by atoms with Crippen LogP contribution in [0.2, 0.25) is 0 Å². The SMILES string of the molecule is CN(C)C(=O)C1CCCN1CCCNS(=O)(=O)c1c[nH]c(C(=O)N2CCCC2)c1. The second-order valence-corrected chi connectivity index (χ2v) is 9.69. The molecule has 29 heavy (non-hydrogen) atoms. The number of aromatic amines is 1. The van der Waals surface area contributed by atoms with Crippen LogP contribution in [0, 0.1) is 0 Å². The third-order valence-corrected chi connectivity index (χ3v) is 7.03. The maximum Gasteiger partial charge on any atom is 0.270 e. The summed E-state index contributed by atoms with van der Waals surface area (Å²) in [6, 6.07) is 1.29. The van der Waals surface area contributed by atoms with Crippen molar-refractivity contribution in [3.8, 4) is 0 Å². The maximum absolute atomic E-state index is 12.5. The van der Waals surface area contributed by atoms with Crippen molar-refractivity contribution < 1.29 is 18.0 Å². The third-order valence-electron chi connectivity index (χ3n) is 5.59. The smallest absolute Gasteiger partial charge is 0.270 e. The number of sulfonamides is 1. The molecule has 0 aromatic carbocycles. The first kappa shape index (κ1) is 21.8. The number of nitrogens with one attached hydrogen (secondary N) is 2. The molecular weight excluding hydrogens is 394 g/mol. The molecule has 1 atom stereocenters. The van der Waals surface area contributed by atoms with E-state index in [1.54, 1.807) is 23.9 Å². The van der Waals surface area contributed by atoms with Gasteiger partial charge in [0.15, 0.2) is 0 Å². The van der Waals surface area contributed by atoms with Gasteiger partial charge in [0.2, 0.25) is 15.9 Å². The molecule has 0 saturated carbocycles. The molecule has 2 amide bonds. The Morgan fingerprint density at radius 3 is 2.62 bits per heavy atom. The molecule has 0 spiro atoms. The summed E-state index contributed by atoms with van der Waals surface area (Å²) < 4.78 is 27.6. The lowest BCUT2D eigenvalue weighted by Crippen LogP contribution is -2.43. The lowest BCUT2D eigenvalue weighted by Gasteiger charge is -2.25. The van der Waals surface area contributed by atoms with Gasteiger partial charge in [0.1, 0.15) is 10.6 Å². The Balaban J connectivity index is 1.49. The van der Waals surface area contributed by atoms with Crippen molar-refractivity contribution in [3.63, 3.8) is 0 Å². The van der Waals surface area contributed by atoms with Crippen LogP contribution in [0.1, 0.15) is 42.6 Å². The number of H-pyrrole nitrogens is 1. The third kappa shape index (κ3) is 5.18. The van der Waals surface area contributed by atoms with Crippen LogP contribution >= 0.6 is 0 Å². The lowest BCUT2D eigenvalue weighted by molar-refractivity contribution is -0.133.